The van der Waals surface area contributed by atoms with Crippen molar-refractivity contribution in [2.45, 2.75) is 38.8 Å². The third-order valence-corrected chi connectivity index (χ3v) is 1.86. The number of amides is 1. The molecule has 2 N–H and O–H groups in total. The highest BCUT2D eigenvalue weighted by molar-refractivity contribution is 5.78. The predicted octanol–water partition coefficient (Wildman–Crippen LogP) is 0.755. The van der Waals surface area contributed by atoms with Crippen LogP contribution in [0.1, 0.15) is 29.5 Å². The van der Waals surface area contributed by atoms with Gasteiger partial charge in [-0.05, 0) is 6.42 Å². The molecule has 3 nitrogen and oxygen atoms in total. The Labute approximate surface area is 70.5 Å². The Kier molecular flexibility index (Phi) is 2.88. The van der Waals surface area contributed by atoms with E-state index >= 15 is 0 Å². The summed E-state index contributed by atoms with van der Waals surface area (Å²) in [6.07, 6.45) is 1.68. The van der Waals surface area contributed by atoms with Gasteiger partial charge in [-0.3, -0.25) is 4.79 Å². The maximum Gasteiger partial charge on any atom is 0.220 e. The molecule has 1 saturated heterocycles. The van der Waals surface area contributed by atoms with E-state index in [1.165, 1.54) is 0 Å². The summed E-state index contributed by atoms with van der Waals surface area (Å²) in [5.41, 5.74) is 0. The van der Waals surface area contributed by atoms with Crippen LogP contribution in [0.15, 0.2) is 0 Å². The van der Waals surface area contributed by atoms with E-state index < -0.39 is 0 Å². The fourth-order valence-corrected chi connectivity index (χ4v) is 1.21. The summed E-state index contributed by atoms with van der Waals surface area (Å²) in [5.74, 6) is 0.195. The van der Waals surface area contributed by atoms with Crippen LogP contribution < -0.4 is 10.6 Å². The van der Waals surface area contributed by atoms with Gasteiger partial charge in [0.25, 0.3) is 0 Å². The molecule has 1 atom stereocenters. The van der Waals surface area contributed by atoms with Gasteiger partial charge in [0.1, 0.15) is 0 Å². The van der Waals surface area contributed by atoms with Crippen molar-refractivity contribution in [1.82, 2.24) is 10.6 Å². The SMILES string of the molecule is CC(C)NCC1CCC(=O)N1.[HH].[HH]. The van der Waals surface area contributed by atoms with Crippen LogP contribution in [0.2, 0.25) is 0 Å². The lowest BCUT2D eigenvalue weighted by atomic mass is 10.2. The predicted molar refractivity (Wildman–Crippen MR) is 48.5 cm³/mol. The number of rotatable bonds is 3. The highest BCUT2D eigenvalue weighted by Crippen LogP contribution is 2.04. The molecule has 0 radical (unpaired) electrons. The van der Waals surface area contributed by atoms with E-state index in [-0.39, 0.29) is 8.76 Å². The van der Waals surface area contributed by atoms with Crippen molar-refractivity contribution in [2.75, 3.05) is 6.54 Å². The number of hydrogen-bond donors (Lipinski definition) is 2. The third kappa shape index (κ3) is 2.89. The molecule has 1 heterocycles. The van der Waals surface area contributed by atoms with E-state index in [1.54, 1.807) is 0 Å². The molecule has 0 spiro atoms. The van der Waals surface area contributed by atoms with E-state index in [9.17, 15) is 4.79 Å². The van der Waals surface area contributed by atoms with Gasteiger partial charge >= 0.3 is 0 Å². The molecule has 1 aliphatic heterocycles. The van der Waals surface area contributed by atoms with Crippen molar-refractivity contribution in [3.8, 4) is 0 Å². The highest BCUT2D eigenvalue weighted by atomic mass is 16.1. The second kappa shape index (κ2) is 3.72. The van der Waals surface area contributed by atoms with Crippen LogP contribution >= 0.6 is 0 Å². The second-order valence-corrected chi connectivity index (χ2v) is 3.37. The molecule has 1 fully saturated rings. The van der Waals surface area contributed by atoms with Gasteiger partial charge in [-0.2, -0.15) is 0 Å². The van der Waals surface area contributed by atoms with Crippen LogP contribution in [0.5, 0.6) is 0 Å². The Bertz CT molecular complexity index is 153. The molecule has 11 heavy (non-hydrogen) atoms. The standard InChI is InChI=1S/C8H16N2O.2H2/c1-6(2)9-5-7-3-4-8(11)10-7;;/h6-7,9H,3-5H2,1-2H3,(H,10,11);2*1H. The van der Waals surface area contributed by atoms with Gasteiger partial charge in [0, 0.05) is 27.9 Å². The zero-order valence-corrected chi connectivity index (χ0v) is 7.18. The van der Waals surface area contributed by atoms with E-state index in [0.717, 1.165) is 13.0 Å². The summed E-state index contributed by atoms with van der Waals surface area (Å²) in [5, 5.41) is 6.20. The summed E-state index contributed by atoms with van der Waals surface area (Å²) >= 11 is 0. The van der Waals surface area contributed by atoms with Crippen LogP contribution in [0.3, 0.4) is 0 Å². The van der Waals surface area contributed by atoms with Crippen molar-refractivity contribution in [2.24, 2.45) is 0 Å². The molecular weight excluding hydrogens is 140 g/mol. The smallest absolute Gasteiger partial charge is 0.220 e. The minimum atomic E-state index is 0. The molecule has 0 saturated carbocycles. The minimum absolute atomic E-state index is 0. The van der Waals surface area contributed by atoms with Gasteiger partial charge in [-0.15, -0.1) is 0 Å². The Morgan fingerprint density at radius 3 is 3.00 bits per heavy atom. The average Bonchev–Trinajstić information content (AvgIpc) is 2.31. The largest absolute Gasteiger partial charge is 0.352 e. The first-order valence-electron chi connectivity index (χ1n) is 4.21. The first kappa shape index (κ1) is 8.53. The third-order valence-electron chi connectivity index (χ3n) is 1.86. The minimum Gasteiger partial charge on any atom is -0.352 e. The van der Waals surface area contributed by atoms with Gasteiger partial charge in [-0.25, -0.2) is 0 Å². The van der Waals surface area contributed by atoms with Gasteiger partial charge in [0.05, 0.1) is 0 Å². The van der Waals surface area contributed by atoms with Crippen LogP contribution in [0, 0.1) is 0 Å². The molecule has 0 aromatic heterocycles. The molecule has 1 amide bonds. The Hall–Kier alpha value is -0.570. The summed E-state index contributed by atoms with van der Waals surface area (Å²) < 4.78 is 0. The van der Waals surface area contributed by atoms with Gasteiger partial charge < -0.3 is 10.6 Å². The summed E-state index contributed by atoms with van der Waals surface area (Å²) in [4.78, 5) is 10.8. The molecule has 1 aliphatic rings. The van der Waals surface area contributed by atoms with Crippen molar-refractivity contribution < 1.29 is 7.65 Å². The number of nitrogens with one attached hydrogen (secondary N) is 2. The van der Waals surface area contributed by atoms with Gasteiger partial charge in [0.15, 0.2) is 0 Å². The van der Waals surface area contributed by atoms with Crippen LogP contribution in [0.25, 0.3) is 0 Å². The first-order chi connectivity index (χ1) is 5.18. The zero-order valence-electron chi connectivity index (χ0n) is 7.18. The van der Waals surface area contributed by atoms with E-state index in [0.29, 0.717) is 18.5 Å². The van der Waals surface area contributed by atoms with Crippen molar-refractivity contribution >= 4 is 5.91 Å². The van der Waals surface area contributed by atoms with E-state index in [1.807, 2.05) is 0 Å². The van der Waals surface area contributed by atoms with E-state index in [2.05, 4.69) is 24.5 Å². The number of hydrogen-bond acceptors (Lipinski definition) is 2. The molecule has 1 rings (SSSR count). The van der Waals surface area contributed by atoms with Crippen LogP contribution in [0.4, 0.5) is 0 Å². The summed E-state index contributed by atoms with van der Waals surface area (Å²) in [7, 11) is 0. The van der Waals surface area contributed by atoms with Crippen molar-refractivity contribution in [3.05, 3.63) is 0 Å². The molecule has 0 aromatic rings. The fraction of sp³-hybridized carbons (Fsp3) is 0.875. The van der Waals surface area contributed by atoms with Gasteiger partial charge in [0.2, 0.25) is 5.91 Å². The van der Waals surface area contributed by atoms with Crippen molar-refractivity contribution in [1.29, 1.82) is 0 Å². The van der Waals surface area contributed by atoms with E-state index in [4.69, 9.17) is 0 Å². The first-order valence-corrected chi connectivity index (χ1v) is 4.21. The Morgan fingerprint density at radius 2 is 2.55 bits per heavy atom. The van der Waals surface area contributed by atoms with Gasteiger partial charge in [-0.1, -0.05) is 13.8 Å². The average molecular weight is 160 g/mol. The Balaban J connectivity index is 0. The molecule has 3 heteroatoms. The maximum atomic E-state index is 10.8. The normalized spacial score (nSPS) is 24.3. The zero-order chi connectivity index (χ0) is 8.27. The topological polar surface area (TPSA) is 41.1 Å². The lowest BCUT2D eigenvalue weighted by Crippen LogP contribution is -2.38. The molecular formula is C8H20N2O. The monoisotopic (exact) mass is 160 g/mol. The van der Waals surface area contributed by atoms with Crippen molar-refractivity contribution in [3.63, 3.8) is 0 Å². The maximum absolute atomic E-state index is 10.8. The molecule has 0 bridgehead atoms. The second-order valence-electron chi connectivity index (χ2n) is 3.37. The van der Waals surface area contributed by atoms with Crippen LogP contribution in [-0.2, 0) is 4.79 Å². The lowest BCUT2D eigenvalue weighted by Gasteiger charge is -2.13. The fourth-order valence-electron chi connectivity index (χ4n) is 1.21. The lowest BCUT2D eigenvalue weighted by molar-refractivity contribution is -0.119. The Morgan fingerprint density at radius 1 is 1.82 bits per heavy atom. The number of carbonyl (C=O) groups is 1. The highest BCUT2D eigenvalue weighted by Gasteiger charge is 2.19. The molecule has 0 aromatic carbocycles. The summed E-state index contributed by atoms with van der Waals surface area (Å²) in [6.45, 7) is 5.12. The molecule has 68 valence electrons. The molecule has 1 unspecified atom stereocenters. The quantitative estimate of drug-likeness (QED) is 0.640. The number of carbonyl (C=O) groups excluding carboxylic acids is 1. The summed E-state index contributed by atoms with van der Waals surface area (Å²) in [6, 6.07) is 0.873. The molecule has 0 aliphatic carbocycles. The van der Waals surface area contributed by atoms with Crippen LogP contribution in [-0.4, -0.2) is 24.5 Å².